The molecule has 0 saturated carbocycles. The first-order chi connectivity index (χ1) is 21.2. The molecule has 1 aromatic carbocycles. The summed E-state index contributed by atoms with van der Waals surface area (Å²) in [5.41, 5.74) is -1.49. The Balaban J connectivity index is 1.65. The van der Waals surface area contributed by atoms with E-state index in [1.165, 1.54) is 4.90 Å². The molecule has 10 heteroatoms. The Morgan fingerprint density at radius 2 is 1.76 bits per heavy atom. The molecule has 0 aromatic heterocycles. The standard InChI is InChI=1S/C35H47N3O7/c1-22-19-36-26(40)16-11-10-15-25-27(32(43)44-22)28-30(41)38(24(20-39)23-13-8-7-9-14-23)29-31(42)37(18-12-17-35(28,29)45-25)34(5,6)21-33(2,3)4/h7-10,12-15,17,22,24-25,27-29,39H,11,16,18-21H2,1-6H3,(H,36,40)/b15-10-/t22-,24-,25-,27+,28+,29-,35+/m1/s1. The van der Waals surface area contributed by atoms with Crippen LogP contribution in [0.2, 0.25) is 0 Å². The van der Waals surface area contributed by atoms with Crippen molar-refractivity contribution in [3.63, 3.8) is 0 Å². The van der Waals surface area contributed by atoms with Crippen LogP contribution in [-0.4, -0.2) is 87.7 Å². The van der Waals surface area contributed by atoms with Crippen LogP contribution < -0.4 is 5.32 Å². The lowest BCUT2D eigenvalue weighted by Gasteiger charge is -2.45. The third-order valence-corrected chi connectivity index (χ3v) is 9.36. The number of nitrogens with zero attached hydrogens (tertiary/aromatic N) is 2. The minimum Gasteiger partial charge on any atom is -0.460 e. The number of nitrogens with one attached hydrogen (secondary N) is 1. The Labute approximate surface area is 265 Å². The maximum atomic E-state index is 15.0. The summed E-state index contributed by atoms with van der Waals surface area (Å²) in [6.45, 7) is 12.1. The van der Waals surface area contributed by atoms with Gasteiger partial charge in [-0.05, 0) is 44.6 Å². The maximum absolute atomic E-state index is 15.0. The predicted octanol–water partition coefficient (Wildman–Crippen LogP) is 3.31. The second kappa shape index (κ2) is 12.4. The van der Waals surface area contributed by atoms with Gasteiger partial charge >= 0.3 is 5.97 Å². The van der Waals surface area contributed by atoms with Crippen LogP contribution in [0.3, 0.4) is 0 Å². The number of allylic oxidation sites excluding steroid dienone is 1. The zero-order valence-electron chi connectivity index (χ0n) is 27.2. The van der Waals surface area contributed by atoms with Gasteiger partial charge in [0, 0.05) is 18.5 Å². The van der Waals surface area contributed by atoms with E-state index >= 15 is 0 Å². The van der Waals surface area contributed by atoms with Gasteiger partial charge < -0.3 is 29.7 Å². The highest BCUT2D eigenvalue weighted by atomic mass is 16.6. The van der Waals surface area contributed by atoms with Crippen molar-refractivity contribution in [1.29, 1.82) is 0 Å². The van der Waals surface area contributed by atoms with E-state index in [1.54, 1.807) is 30.1 Å². The largest absolute Gasteiger partial charge is 0.460 e. The van der Waals surface area contributed by atoms with Gasteiger partial charge in [0.05, 0.1) is 31.2 Å². The summed E-state index contributed by atoms with van der Waals surface area (Å²) in [5.74, 6) is -3.63. The number of aliphatic hydroxyl groups excluding tert-OH is 1. The maximum Gasteiger partial charge on any atom is 0.313 e. The van der Waals surface area contributed by atoms with Gasteiger partial charge in [0.2, 0.25) is 17.7 Å². The normalized spacial score (nSPS) is 32.4. The molecule has 0 bridgehead atoms. The summed E-state index contributed by atoms with van der Waals surface area (Å²) in [7, 11) is 0. The molecular formula is C35H47N3O7. The highest BCUT2D eigenvalue weighted by molar-refractivity contribution is 5.99. The molecule has 2 N–H and O–H groups in total. The third-order valence-electron chi connectivity index (χ3n) is 9.36. The molecule has 3 amide bonds. The summed E-state index contributed by atoms with van der Waals surface area (Å²) >= 11 is 0. The lowest BCUT2D eigenvalue weighted by atomic mass is 9.77. The number of fused-ring (bicyclic) bond motifs is 2. The topological polar surface area (TPSA) is 125 Å². The fourth-order valence-electron chi connectivity index (χ4n) is 7.90. The predicted molar refractivity (Wildman–Crippen MR) is 167 cm³/mol. The fraction of sp³-hybridized carbons (Fsp3) is 0.600. The van der Waals surface area contributed by atoms with Gasteiger partial charge in [0.25, 0.3) is 0 Å². The lowest BCUT2D eigenvalue weighted by molar-refractivity contribution is -0.160. The number of aliphatic hydroxyl groups is 1. The minimum atomic E-state index is -1.49. The second-order valence-corrected chi connectivity index (χ2v) is 14.6. The summed E-state index contributed by atoms with van der Waals surface area (Å²) in [6, 6.07) is 7.15. The number of rotatable bonds is 5. The molecule has 10 nitrogen and oxygen atoms in total. The van der Waals surface area contributed by atoms with E-state index in [4.69, 9.17) is 9.47 Å². The number of cyclic esters (lactones) is 1. The molecule has 2 fully saturated rings. The summed E-state index contributed by atoms with van der Waals surface area (Å²) < 4.78 is 12.6. The zero-order valence-corrected chi connectivity index (χ0v) is 27.2. The number of amides is 3. The number of carbonyl (C=O) groups is 4. The molecule has 45 heavy (non-hydrogen) atoms. The third kappa shape index (κ3) is 6.19. The number of esters is 1. The fourth-order valence-corrected chi connectivity index (χ4v) is 7.90. The van der Waals surface area contributed by atoms with Crippen LogP contribution in [0.5, 0.6) is 0 Å². The van der Waals surface area contributed by atoms with Crippen LogP contribution >= 0.6 is 0 Å². The SMILES string of the molecule is C[C@@H]1CNC(=O)CC/C=C\[C@H]2O[C@]34C=CCN(C(C)(C)CC(C)(C)C)C(=O)[C@H]3N([C@H](CO)c3ccccc3)C(=O)[C@@H]4[C@H]2C(=O)O1. The number of likely N-dealkylation sites (tertiary alicyclic amines) is 1. The number of carbonyl (C=O) groups excluding carboxylic acids is 4. The molecule has 244 valence electrons. The average Bonchev–Trinajstić information content (AvgIpc) is 3.34. The van der Waals surface area contributed by atoms with Gasteiger partial charge in [-0.25, -0.2) is 0 Å². The number of hydrogen-bond donors (Lipinski definition) is 2. The number of hydrogen-bond acceptors (Lipinski definition) is 7. The minimum absolute atomic E-state index is 0.0892. The molecule has 4 aliphatic heterocycles. The van der Waals surface area contributed by atoms with Crippen LogP contribution in [0.25, 0.3) is 0 Å². The first-order valence-electron chi connectivity index (χ1n) is 16.0. The smallest absolute Gasteiger partial charge is 0.313 e. The molecule has 1 spiro atoms. The van der Waals surface area contributed by atoms with Crippen LogP contribution in [0.15, 0.2) is 54.6 Å². The molecular weight excluding hydrogens is 574 g/mol. The molecule has 0 radical (unpaired) electrons. The molecule has 0 aliphatic carbocycles. The van der Waals surface area contributed by atoms with Crippen molar-refractivity contribution in [1.82, 2.24) is 15.1 Å². The molecule has 5 rings (SSSR count). The molecule has 4 aliphatic rings. The van der Waals surface area contributed by atoms with Gasteiger partial charge in [-0.1, -0.05) is 75.4 Å². The highest BCUT2D eigenvalue weighted by Gasteiger charge is 2.73. The van der Waals surface area contributed by atoms with Crippen molar-refractivity contribution in [3.05, 3.63) is 60.2 Å². The van der Waals surface area contributed by atoms with Crippen molar-refractivity contribution in [2.24, 2.45) is 17.3 Å². The Kier molecular flexibility index (Phi) is 9.03. The average molecular weight is 622 g/mol. The first kappa shape index (κ1) is 32.9. The zero-order chi connectivity index (χ0) is 32.7. The summed E-state index contributed by atoms with van der Waals surface area (Å²) in [5, 5.41) is 13.6. The van der Waals surface area contributed by atoms with Crippen molar-refractivity contribution in [2.45, 2.75) is 96.2 Å². The van der Waals surface area contributed by atoms with E-state index in [1.807, 2.05) is 50.3 Å². The van der Waals surface area contributed by atoms with E-state index in [2.05, 4.69) is 26.1 Å². The second-order valence-electron chi connectivity index (χ2n) is 14.6. The molecule has 2 saturated heterocycles. The number of benzene rings is 1. The Hall–Kier alpha value is -3.50. The van der Waals surface area contributed by atoms with E-state index in [0.717, 1.165) is 0 Å². The van der Waals surface area contributed by atoms with Crippen molar-refractivity contribution in [3.8, 4) is 0 Å². The van der Waals surface area contributed by atoms with Crippen LogP contribution in [-0.2, 0) is 28.7 Å². The van der Waals surface area contributed by atoms with Crippen LogP contribution in [0.4, 0.5) is 0 Å². The summed E-state index contributed by atoms with van der Waals surface area (Å²) in [4.78, 5) is 59.2. The summed E-state index contributed by atoms with van der Waals surface area (Å²) in [6.07, 6.45) is 7.05. The first-order valence-corrected chi connectivity index (χ1v) is 16.0. The van der Waals surface area contributed by atoms with E-state index < -0.39 is 65.8 Å². The van der Waals surface area contributed by atoms with Gasteiger partial charge in [-0.15, -0.1) is 0 Å². The van der Waals surface area contributed by atoms with E-state index in [0.29, 0.717) is 24.9 Å². The van der Waals surface area contributed by atoms with Crippen molar-refractivity contribution >= 4 is 23.7 Å². The van der Waals surface area contributed by atoms with E-state index in [-0.39, 0.29) is 30.2 Å². The van der Waals surface area contributed by atoms with Gasteiger partial charge in [-0.3, -0.25) is 19.2 Å². The molecule has 0 unspecified atom stereocenters. The number of ether oxygens (including phenoxy) is 2. The Bertz CT molecular complexity index is 1370. The highest BCUT2D eigenvalue weighted by Crippen LogP contribution is 2.55. The lowest BCUT2D eigenvalue weighted by Crippen LogP contribution is -2.60. The quantitative estimate of drug-likeness (QED) is 0.382. The molecule has 4 heterocycles. The molecule has 1 aromatic rings. The van der Waals surface area contributed by atoms with E-state index in [9.17, 15) is 24.3 Å². The van der Waals surface area contributed by atoms with Gasteiger partial charge in [0.1, 0.15) is 23.7 Å². The van der Waals surface area contributed by atoms with Crippen LogP contribution in [0, 0.1) is 17.3 Å². The monoisotopic (exact) mass is 621 g/mol. The molecule has 7 atom stereocenters. The van der Waals surface area contributed by atoms with Crippen LogP contribution in [0.1, 0.15) is 72.4 Å². The van der Waals surface area contributed by atoms with Gasteiger partial charge in [0.15, 0.2) is 0 Å². The van der Waals surface area contributed by atoms with Crippen molar-refractivity contribution in [2.75, 3.05) is 19.7 Å². The van der Waals surface area contributed by atoms with Crippen molar-refractivity contribution < 1.29 is 33.8 Å². The van der Waals surface area contributed by atoms with Gasteiger partial charge in [-0.2, -0.15) is 0 Å². The Morgan fingerprint density at radius 1 is 1.04 bits per heavy atom. The Morgan fingerprint density at radius 3 is 2.42 bits per heavy atom.